The van der Waals surface area contributed by atoms with E-state index in [1.807, 2.05) is 24.3 Å². The monoisotopic (exact) mass is 305 g/mol. The number of hydrogen-bond acceptors (Lipinski definition) is 3. The molecule has 2 aromatic rings. The van der Waals surface area contributed by atoms with Crippen LogP contribution in [0.25, 0.3) is 10.1 Å². The molecule has 0 saturated carbocycles. The summed E-state index contributed by atoms with van der Waals surface area (Å²) in [4.78, 5) is 2.37. The van der Waals surface area contributed by atoms with Crippen molar-refractivity contribution in [1.29, 1.82) is 0 Å². The number of aliphatic hydroxyl groups excluding tert-OH is 1. The molecule has 0 fully saturated rings. The molecule has 2 nitrogen and oxygen atoms in total. The van der Waals surface area contributed by atoms with Crippen LogP contribution >= 0.6 is 22.9 Å². The number of aliphatic hydroxyl groups is 1. The minimum Gasteiger partial charge on any atom is -0.395 e. The van der Waals surface area contributed by atoms with E-state index in [-0.39, 0.29) is 19.7 Å². The van der Waals surface area contributed by atoms with Crippen LogP contribution in [0.4, 0.5) is 8.78 Å². The van der Waals surface area contributed by atoms with Gasteiger partial charge in [-0.15, -0.1) is 11.3 Å². The van der Waals surface area contributed by atoms with Crippen LogP contribution in [0, 0.1) is 0 Å². The van der Waals surface area contributed by atoms with E-state index in [0.717, 1.165) is 15.0 Å². The van der Waals surface area contributed by atoms with E-state index < -0.39 is 6.43 Å². The summed E-state index contributed by atoms with van der Waals surface area (Å²) >= 11 is 7.78. The topological polar surface area (TPSA) is 23.5 Å². The quantitative estimate of drug-likeness (QED) is 0.881. The first-order chi connectivity index (χ1) is 9.11. The number of halogens is 3. The van der Waals surface area contributed by atoms with Crippen LogP contribution in [0.3, 0.4) is 0 Å². The second-order valence-corrected chi connectivity index (χ2v) is 5.70. The normalized spacial score (nSPS) is 11.9. The summed E-state index contributed by atoms with van der Waals surface area (Å²) in [5, 5.41) is 10.5. The Kier molecular flexibility index (Phi) is 5.10. The Morgan fingerprint density at radius 2 is 2.05 bits per heavy atom. The zero-order chi connectivity index (χ0) is 13.8. The van der Waals surface area contributed by atoms with Crippen molar-refractivity contribution >= 4 is 33.0 Å². The second-order valence-electron chi connectivity index (χ2n) is 4.19. The molecule has 0 radical (unpaired) electrons. The molecule has 0 spiro atoms. The van der Waals surface area contributed by atoms with Crippen LogP contribution in [0.15, 0.2) is 24.3 Å². The summed E-state index contributed by atoms with van der Waals surface area (Å²) in [5.74, 6) is 0. The molecule has 0 bridgehead atoms. The maximum atomic E-state index is 12.5. The van der Waals surface area contributed by atoms with Crippen LogP contribution in [-0.2, 0) is 6.54 Å². The van der Waals surface area contributed by atoms with E-state index in [2.05, 4.69) is 0 Å². The maximum Gasteiger partial charge on any atom is 0.251 e. The molecule has 0 saturated heterocycles. The number of benzene rings is 1. The fourth-order valence-electron chi connectivity index (χ4n) is 1.94. The zero-order valence-electron chi connectivity index (χ0n) is 10.2. The average molecular weight is 306 g/mol. The van der Waals surface area contributed by atoms with Crippen molar-refractivity contribution in [2.45, 2.75) is 13.0 Å². The molecule has 0 aliphatic rings. The lowest BCUT2D eigenvalue weighted by atomic mass is 10.2. The summed E-state index contributed by atoms with van der Waals surface area (Å²) in [6, 6.07) is 7.69. The Bertz CT molecular complexity index is 546. The third kappa shape index (κ3) is 3.63. The van der Waals surface area contributed by atoms with Crippen LogP contribution in [0.1, 0.15) is 4.88 Å². The number of fused-ring (bicyclic) bond motifs is 1. The predicted molar refractivity (Wildman–Crippen MR) is 75.2 cm³/mol. The van der Waals surface area contributed by atoms with Gasteiger partial charge in [0.25, 0.3) is 6.43 Å². The van der Waals surface area contributed by atoms with Crippen molar-refractivity contribution in [2.24, 2.45) is 0 Å². The van der Waals surface area contributed by atoms with Crippen LogP contribution in [0.2, 0.25) is 5.02 Å². The number of rotatable bonds is 6. The Labute approximate surface area is 119 Å². The van der Waals surface area contributed by atoms with Gasteiger partial charge in [0.15, 0.2) is 0 Å². The summed E-state index contributed by atoms with van der Waals surface area (Å²) in [7, 11) is 0. The third-order valence-electron chi connectivity index (χ3n) is 2.78. The van der Waals surface area contributed by atoms with Gasteiger partial charge in [0.2, 0.25) is 0 Å². The fourth-order valence-corrected chi connectivity index (χ4v) is 3.48. The third-order valence-corrected chi connectivity index (χ3v) is 4.48. The van der Waals surface area contributed by atoms with Gasteiger partial charge < -0.3 is 5.11 Å². The smallest absolute Gasteiger partial charge is 0.251 e. The lowest BCUT2D eigenvalue weighted by Gasteiger charge is -2.20. The summed E-state index contributed by atoms with van der Waals surface area (Å²) < 4.78 is 26.0. The van der Waals surface area contributed by atoms with Crippen LogP contribution < -0.4 is 0 Å². The molecule has 0 amide bonds. The second kappa shape index (κ2) is 6.61. The SMILES string of the molecule is OCCN(Cc1sc2ccccc2c1Cl)CC(F)F. The van der Waals surface area contributed by atoms with E-state index in [9.17, 15) is 8.78 Å². The van der Waals surface area contributed by atoms with E-state index in [1.54, 1.807) is 0 Å². The van der Waals surface area contributed by atoms with E-state index in [0.29, 0.717) is 11.6 Å². The Morgan fingerprint density at radius 1 is 1.32 bits per heavy atom. The van der Waals surface area contributed by atoms with Gasteiger partial charge in [0.1, 0.15) is 0 Å². The minimum absolute atomic E-state index is 0.144. The van der Waals surface area contributed by atoms with Gasteiger partial charge in [0.05, 0.1) is 18.2 Å². The van der Waals surface area contributed by atoms with Crippen LogP contribution in [0.5, 0.6) is 0 Å². The molecule has 0 aliphatic heterocycles. The minimum atomic E-state index is -2.42. The van der Waals surface area contributed by atoms with Gasteiger partial charge in [-0.05, 0) is 6.07 Å². The van der Waals surface area contributed by atoms with Gasteiger partial charge in [-0.2, -0.15) is 0 Å². The average Bonchev–Trinajstić information content (AvgIpc) is 2.67. The number of hydrogen-bond donors (Lipinski definition) is 1. The summed E-state index contributed by atoms with van der Waals surface area (Å²) in [6.07, 6.45) is -2.42. The maximum absolute atomic E-state index is 12.5. The zero-order valence-corrected chi connectivity index (χ0v) is 11.7. The van der Waals surface area contributed by atoms with Crippen molar-refractivity contribution in [3.8, 4) is 0 Å². The first-order valence-electron chi connectivity index (χ1n) is 5.89. The molecule has 2 rings (SSSR count). The first-order valence-corrected chi connectivity index (χ1v) is 7.08. The van der Waals surface area contributed by atoms with Gasteiger partial charge in [-0.1, -0.05) is 29.8 Å². The molecule has 1 N–H and O–H groups in total. The molecule has 0 aliphatic carbocycles. The number of thiophene rings is 1. The highest BCUT2D eigenvalue weighted by Crippen LogP contribution is 2.35. The standard InChI is InChI=1S/C13H14ClF2NOS/c14-13-9-3-1-2-4-10(9)19-11(13)7-17(5-6-18)8-12(15)16/h1-4,12,18H,5-8H2. The van der Waals surface area contributed by atoms with Crippen molar-refractivity contribution < 1.29 is 13.9 Å². The van der Waals surface area contributed by atoms with Gasteiger partial charge in [-0.3, -0.25) is 4.90 Å². The summed E-state index contributed by atoms with van der Waals surface area (Å²) in [6.45, 7) is 0.0539. The van der Waals surface area contributed by atoms with E-state index in [1.165, 1.54) is 16.2 Å². The molecule has 1 heterocycles. The van der Waals surface area contributed by atoms with Gasteiger partial charge >= 0.3 is 0 Å². The molecule has 19 heavy (non-hydrogen) atoms. The molecule has 6 heteroatoms. The Balaban J connectivity index is 2.20. The highest BCUT2D eigenvalue weighted by molar-refractivity contribution is 7.19. The van der Waals surface area contributed by atoms with Crippen LogP contribution in [-0.4, -0.2) is 36.1 Å². The van der Waals surface area contributed by atoms with E-state index in [4.69, 9.17) is 16.7 Å². The van der Waals surface area contributed by atoms with Gasteiger partial charge in [0, 0.05) is 28.1 Å². The molecule has 1 aromatic heterocycles. The van der Waals surface area contributed by atoms with Crippen molar-refractivity contribution in [3.05, 3.63) is 34.2 Å². The largest absolute Gasteiger partial charge is 0.395 e. The van der Waals surface area contributed by atoms with Gasteiger partial charge in [-0.25, -0.2) is 8.78 Å². The Morgan fingerprint density at radius 3 is 2.68 bits per heavy atom. The summed E-state index contributed by atoms with van der Waals surface area (Å²) in [5.41, 5.74) is 0. The molecule has 1 aromatic carbocycles. The predicted octanol–water partition coefficient (Wildman–Crippen LogP) is 3.61. The highest BCUT2D eigenvalue weighted by atomic mass is 35.5. The molecule has 104 valence electrons. The molecule has 0 atom stereocenters. The van der Waals surface area contributed by atoms with E-state index >= 15 is 0 Å². The number of alkyl halides is 2. The van der Waals surface area contributed by atoms with Crippen molar-refractivity contribution in [2.75, 3.05) is 19.7 Å². The fraction of sp³-hybridized carbons (Fsp3) is 0.385. The molecule has 0 unspecified atom stereocenters. The molecular formula is C13H14ClF2NOS. The molecular weight excluding hydrogens is 292 g/mol. The highest BCUT2D eigenvalue weighted by Gasteiger charge is 2.16. The lowest BCUT2D eigenvalue weighted by molar-refractivity contribution is 0.0752. The lowest BCUT2D eigenvalue weighted by Crippen LogP contribution is -2.30. The van der Waals surface area contributed by atoms with Crippen molar-refractivity contribution in [3.63, 3.8) is 0 Å². The number of nitrogens with zero attached hydrogens (tertiary/aromatic N) is 1. The van der Waals surface area contributed by atoms with Crippen molar-refractivity contribution in [1.82, 2.24) is 4.90 Å². The first kappa shape index (κ1) is 14.7. The Hall–Kier alpha value is -0.750.